The molecule has 0 aliphatic carbocycles. The molecular formula is C18H18N2O3S. The number of benzene rings is 1. The average molecular weight is 342 g/mol. The second-order valence-corrected chi connectivity index (χ2v) is 6.52. The van der Waals surface area contributed by atoms with Crippen LogP contribution in [0.1, 0.15) is 32.9 Å². The fraction of sp³-hybridized carbons (Fsp3) is 0.222. The van der Waals surface area contributed by atoms with Crippen LogP contribution in [0.5, 0.6) is 0 Å². The predicted molar refractivity (Wildman–Crippen MR) is 91.7 cm³/mol. The Balaban J connectivity index is 1.81. The Kier molecular flexibility index (Phi) is 5.08. The Morgan fingerprint density at radius 2 is 2.08 bits per heavy atom. The Labute approximate surface area is 144 Å². The van der Waals surface area contributed by atoms with Crippen molar-refractivity contribution >= 4 is 17.2 Å². The molecule has 1 N–H and O–H groups in total. The van der Waals surface area contributed by atoms with Crippen molar-refractivity contribution in [1.29, 1.82) is 0 Å². The normalized spacial score (nSPS) is 12.1. The monoisotopic (exact) mass is 342 g/mol. The van der Waals surface area contributed by atoms with Gasteiger partial charge in [-0.15, -0.1) is 11.3 Å². The van der Waals surface area contributed by atoms with Gasteiger partial charge in [-0.05, 0) is 24.6 Å². The number of hydrogen-bond acceptors (Lipinski definition) is 5. The van der Waals surface area contributed by atoms with Gasteiger partial charge in [0.25, 0.3) is 5.91 Å². The lowest BCUT2D eigenvalue weighted by Crippen LogP contribution is -2.34. The maximum atomic E-state index is 12.8. The minimum atomic E-state index is -0.882. The summed E-state index contributed by atoms with van der Waals surface area (Å²) >= 11 is 1.43. The van der Waals surface area contributed by atoms with E-state index in [1.54, 1.807) is 22.4 Å². The molecular weight excluding hydrogens is 324 g/mol. The number of carbonyl (C=O) groups excluding carboxylic acids is 1. The lowest BCUT2D eigenvalue weighted by molar-refractivity contribution is 0.0558. The highest BCUT2D eigenvalue weighted by Gasteiger charge is 2.23. The third-order valence-electron chi connectivity index (χ3n) is 3.61. The summed E-state index contributed by atoms with van der Waals surface area (Å²) < 4.78 is 5.23. The first-order chi connectivity index (χ1) is 11.6. The molecule has 0 aliphatic rings. The number of aliphatic hydroxyl groups excluding tert-OH is 1. The number of furan rings is 1. The Morgan fingerprint density at radius 3 is 2.71 bits per heavy atom. The maximum absolute atomic E-state index is 12.8. The molecule has 0 saturated carbocycles. The standard InChI is InChI=1S/C18H18N2O3S/c1-13-19-15(12-24-13)18(22)20(10-14-6-3-2-4-7-14)11-16(21)17-8-5-9-23-17/h2-9,12,16,21H,10-11H2,1H3/t16-/m0/s1. The van der Waals surface area contributed by atoms with Crippen molar-refractivity contribution in [2.45, 2.75) is 19.6 Å². The van der Waals surface area contributed by atoms with E-state index in [0.29, 0.717) is 18.0 Å². The molecule has 6 heteroatoms. The van der Waals surface area contributed by atoms with Crippen molar-refractivity contribution in [3.05, 3.63) is 76.1 Å². The topological polar surface area (TPSA) is 66.6 Å². The quantitative estimate of drug-likeness (QED) is 0.745. The summed E-state index contributed by atoms with van der Waals surface area (Å²) in [6, 6.07) is 13.1. The summed E-state index contributed by atoms with van der Waals surface area (Å²) in [7, 11) is 0. The molecule has 0 aliphatic heterocycles. The van der Waals surface area contributed by atoms with Gasteiger partial charge < -0.3 is 14.4 Å². The smallest absolute Gasteiger partial charge is 0.273 e. The summed E-state index contributed by atoms with van der Waals surface area (Å²) in [6.45, 7) is 2.40. The molecule has 2 heterocycles. The van der Waals surface area contributed by atoms with E-state index in [-0.39, 0.29) is 12.5 Å². The molecule has 0 fully saturated rings. The Morgan fingerprint density at radius 1 is 1.29 bits per heavy atom. The SMILES string of the molecule is Cc1nc(C(=O)N(Cc2ccccc2)C[C@H](O)c2ccco2)cs1. The zero-order valence-corrected chi connectivity index (χ0v) is 14.1. The van der Waals surface area contributed by atoms with Gasteiger partial charge in [0.2, 0.25) is 0 Å². The van der Waals surface area contributed by atoms with Crippen molar-refractivity contribution in [3.63, 3.8) is 0 Å². The summed E-state index contributed by atoms with van der Waals surface area (Å²) in [4.78, 5) is 18.7. The molecule has 0 spiro atoms. The van der Waals surface area contributed by atoms with Crippen LogP contribution in [0, 0.1) is 6.92 Å². The van der Waals surface area contributed by atoms with E-state index in [4.69, 9.17) is 4.42 Å². The van der Waals surface area contributed by atoms with E-state index < -0.39 is 6.10 Å². The highest BCUT2D eigenvalue weighted by Crippen LogP contribution is 2.19. The number of aryl methyl sites for hydroxylation is 1. The second-order valence-electron chi connectivity index (χ2n) is 5.45. The highest BCUT2D eigenvalue weighted by atomic mass is 32.1. The van der Waals surface area contributed by atoms with Crippen LogP contribution in [-0.2, 0) is 6.54 Å². The first-order valence-electron chi connectivity index (χ1n) is 7.60. The van der Waals surface area contributed by atoms with Crippen molar-refractivity contribution in [2.75, 3.05) is 6.54 Å². The number of thiazole rings is 1. The molecule has 2 aromatic heterocycles. The van der Waals surface area contributed by atoms with Crippen molar-refractivity contribution in [3.8, 4) is 0 Å². The van der Waals surface area contributed by atoms with E-state index in [1.165, 1.54) is 17.6 Å². The number of nitrogens with zero attached hydrogens (tertiary/aromatic N) is 2. The maximum Gasteiger partial charge on any atom is 0.273 e. The summed E-state index contributed by atoms with van der Waals surface area (Å²) in [6.07, 6.45) is 0.624. The lowest BCUT2D eigenvalue weighted by atomic mass is 10.2. The van der Waals surface area contributed by atoms with Gasteiger partial charge in [-0.1, -0.05) is 30.3 Å². The zero-order valence-electron chi connectivity index (χ0n) is 13.3. The van der Waals surface area contributed by atoms with Crippen LogP contribution >= 0.6 is 11.3 Å². The summed E-state index contributed by atoms with van der Waals surface area (Å²) in [5.74, 6) is 0.240. The van der Waals surface area contributed by atoms with E-state index >= 15 is 0 Å². The van der Waals surface area contributed by atoms with Crippen LogP contribution in [-0.4, -0.2) is 27.4 Å². The third-order valence-corrected chi connectivity index (χ3v) is 4.38. The van der Waals surface area contributed by atoms with Crippen LogP contribution in [0.15, 0.2) is 58.5 Å². The molecule has 24 heavy (non-hydrogen) atoms. The van der Waals surface area contributed by atoms with Gasteiger partial charge in [-0.25, -0.2) is 4.98 Å². The van der Waals surface area contributed by atoms with Crippen molar-refractivity contribution < 1.29 is 14.3 Å². The van der Waals surface area contributed by atoms with Gasteiger partial charge in [0.05, 0.1) is 17.8 Å². The van der Waals surface area contributed by atoms with Gasteiger partial charge in [0.1, 0.15) is 17.6 Å². The van der Waals surface area contributed by atoms with Gasteiger partial charge in [0, 0.05) is 11.9 Å². The molecule has 0 unspecified atom stereocenters. The second kappa shape index (κ2) is 7.42. The molecule has 124 valence electrons. The summed E-state index contributed by atoms with van der Waals surface area (Å²) in [5.41, 5.74) is 1.39. The third kappa shape index (κ3) is 3.90. The van der Waals surface area contributed by atoms with E-state index in [9.17, 15) is 9.90 Å². The van der Waals surface area contributed by atoms with E-state index in [2.05, 4.69) is 4.98 Å². The molecule has 1 amide bonds. The van der Waals surface area contributed by atoms with Crippen LogP contribution in [0.2, 0.25) is 0 Å². The zero-order chi connectivity index (χ0) is 16.9. The molecule has 3 rings (SSSR count). The van der Waals surface area contributed by atoms with Crippen LogP contribution in [0.3, 0.4) is 0 Å². The van der Waals surface area contributed by atoms with Gasteiger partial charge >= 0.3 is 0 Å². The van der Waals surface area contributed by atoms with Crippen LogP contribution in [0.25, 0.3) is 0 Å². The van der Waals surface area contributed by atoms with E-state index in [1.807, 2.05) is 37.3 Å². The molecule has 3 aromatic rings. The fourth-order valence-electron chi connectivity index (χ4n) is 2.43. The Bertz CT molecular complexity index is 784. The highest BCUT2D eigenvalue weighted by molar-refractivity contribution is 7.09. The van der Waals surface area contributed by atoms with Gasteiger partial charge in [-0.3, -0.25) is 4.79 Å². The fourth-order valence-corrected chi connectivity index (χ4v) is 3.01. The largest absolute Gasteiger partial charge is 0.467 e. The number of amides is 1. The number of aromatic nitrogens is 1. The van der Waals surface area contributed by atoms with Gasteiger partial charge in [0.15, 0.2) is 0 Å². The number of rotatable bonds is 6. The number of carbonyl (C=O) groups is 1. The first-order valence-corrected chi connectivity index (χ1v) is 8.48. The molecule has 5 nitrogen and oxygen atoms in total. The lowest BCUT2D eigenvalue weighted by Gasteiger charge is -2.24. The van der Waals surface area contributed by atoms with E-state index in [0.717, 1.165) is 10.6 Å². The molecule has 0 bridgehead atoms. The minimum Gasteiger partial charge on any atom is -0.467 e. The molecule has 1 aromatic carbocycles. The van der Waals surface area contributed by atoms with Crippen LogP contribution in [0.4, 0.5) is 0 Å². The Hall–Kier alpha value is -2.44. The van der Waals surface area contributed by atoms with Crippen molar-refractivity contribution in [1.82, 2.24) is 9.88 Å². The first kappa shape index (κ1) is 16.4. The number of aliphatic hydroxyl groups is 1. The average Bonchev–Trinajstić information content (AvgIpc) is 3.26. The number of hydrogen-bond donors (Lipinski definition) is 1. The molecule has 0 saturated heterocycles. The van der Waals surface area contributed by atoms with Crippen LogP contribution < -0.4 is 0 Å². The predicted octanol–water partition coefficient (Wildman–Crippen LogP) is 3.42. The summed E-state index contributed by atoms with van der Waals surface area (Å²) in [5, 5.41) is 12.9. The molecule has 1 atom stereocenters. The minimum absolute atomic E-state index is 0.137. The van der Waals surface area contributed by atoms with Crippen molar-refractivity contribution in [2.24, 2.45) is 0 Å². The van der Waals surface area contributed by atoms with Gasteiger partial charge in [-0.2, -0.15) is 0 Å². The molecule has 0 radical (unpaired) electrons.